The number of aromatic nitrogens is 2. The molecule has 1 unspecified atom stereocenters. The van der Waals surface area contributed by atoms with Crippen LogP contribution in [0.2, 0.25) is 0 Å². The van der Waals surface area contributed by atoms with Gasteiger partial charge in [0.05, 0.1) is 35.1 Å². The van der Waals surface area contributed by atoms with Crippen molar-refractivity contribution in [1.29, 1.82) is 0 Å². The van der Waals surface area contributed by atoms with Crippen LogP contribution in [0.5, 0.6) is 5.75 Å². The van der Waals surface area contributed by atoms with Crippen molar-refractivity contribution in [2.45, 2.75) is 96.7 Å². The Kier molecular flexibility index (Phi) is 13.1. The molecule has 8 N–H and O–H groups in total. The molecule has 4 aromatic rings. The standard InChI is InChI=1S/C44H54N8O9/c1-7-27-28-19-26(16-17-32(28)49-36-29(27)21-52-34(36)20-31-30(40(52)55)22-60-42(57)44(31,59)8-2)61-37(41(56)51(5)6)24-12-14-25(15-13-24)48-38(53)33(11-9-10-18-47-43(46)58)50-39(54)35(45)23(3)4/h12-17,19-20,23,33,35,37,59H,7-11,18,21-22,45H2,1-6H3,(H,48,53)(H,50,54)(H3,46,47,58)/t33-,35-,37?,44-/m0/s1. The van der Waals surface area contributed by atoms with Gasteiger partial charge >= 0.3 is 12.0 Å². The molecular weight excluding hydrogens is 785 g/mol. The van der Waals surface area contributed by atoms with Crippen molar-refractivity contribution in [3.8, 4) is 17.1 Å². The lowest BCUT2D eigenvalue weighted by Gasteiger charge is -2.31. The van der Waals surface area contributed by atoms with E-state index in [2.05, 4.69) is 16.0 Å². The maximum Gasteiger partial charge on any atom is 0.343 e. The van der Waals surface area contributed by atoms with Gasteiger partial charge in [0.1, 0.15) is 18.4 Å². The molecular formula is C44H54N8O9. The molecule has 2 aliphatic rings. The van der Waals surface area contributed by atoms with Gasteiger partial charge in [0.25, 0.3) is 11.5 Å². The molecule has 0 bridgehead atoms. The first-order valence-corrected chi connectivity index (χ1v) is 20.5. The average molecular weight is 839 g/mol. The molecule has 324 valence electrons. The molecule has 0 radical (unpaired) electrons. The zero-order valence-electron chi connectivity index (χ0n) is 35.3. The Balaban J connectivity index is 1.25. The largest absolute Gasteiger partial charge is 0.476 e. The summed E-state index contributed by atoms with van der Waals surface area (Å²) in [5, 5.41) is 20.2. The van der Waals surface area contributed by atoms with Gasteiger partial charge in [-0.1, -0.05) is 39.8 Å². The van der Waals surface area contributed by atoms with Crippen LogP contribution in [0, 0.1) is 5.92 Å². The number of likely N-dealkylation sites (N-methyl/N-ethyl adjacent to an activating group) is 1. The molecule has 17 heteroatoms. The third kappa shape index (κ3) is 8.93. The number of unbranched alkanes of at least 4 members (excludes halogenated alkanes) is 1. The van der Waals surface area contributed by atoms with Crippen LogP contribution in [0.25, 0.3) is 22.3 Å². The van der Waals surface area contributed by atoms with Gasteiger partial charge in [0.2, 0.25) is 17.9 Å². The normalized spacial score (nSPS) is 16.7. The van der Waals surface area contributed by atoms with E-state index in [0.717, 1.165) is 16.5 Å². The summed E-state index contributed by atoms with van der Waals surface area (Å²) in [6.07, 6.45) is 0.880. The van der Waals surface area contributed by atoms with E-state index in [9.17, 15) is 33.9 Å². The molecule has 2 aliphatic heterocycles. The molecule has 6 rings (SSSR count). The van der Waals surface area contributed by atoms with Crippen molar-refractivity contribution in [1.82, 2.24) is 25.1 Å². The van der Waals surface area contributed by atoms with Crippen LogP contribution < -0.4 is 37.7 Å². The van der Waals surface area contributed by atoms with E-state index < -0.39 is 47.6 Å². The van der Waals surface area contributed by atoms with Crippen LogP contribution in [0.1, 0.15) is 87.3 Å². The summed E-state index contributed by atoms with van der Waals surface area (Å²) in [5.41, 5.74) is 13.8. The number of aliphatic hydroxyl groups is 1. The first-order valence-electron chi connectivity index (χ1n) is 20.5. The number of anilines is 1. The monoisotopic (exact) mass is 838 g/mol. The molecule has 0 saturated carbocycles. The molecule has 61 heavy (non-hydrogen) atoms. The third-order valence-electron chi connectivity index (χ3n) is 11.4. The first kappa shape index (κ1) is 44.2. The van der Waals surface area contributed by atoms with Crippen LogP contribution in [-0.2, 0) is 49.1 Å². The fourth-order valence-electron chi connectivity index (χ4n) is 7.74. The lowest BCUT2D eigenvalue weighted by atomic mass is 9.86. The fourth-order valence-corrected chi connectivity index (χ4v) is 7.74. The Morgan fingerprint density at radius 2 is 1.74 bits per heavy atom. The molecule has 17 nitrogen and oxygen atoms in total. The molecule has 4 atom stereocenters. The van der Waals surface area contributed by atoms with Gasteiger partial charge in [-0.15, -0.1) is 0 Å². The number of fused-ring (bicyclic) bond motifs is 5. The number of hydrogen-bond donors (Lipinski definition) is 6. The highest BCUT2D eigenvalue weighted by molar-refractivity contribution is 5.98. The fraction of sp³-hybridized carbons (Fsp3) is 0.432. The van der Waals surface area contributed by atoms with E-state index in [1.54, 1.807) is 68.1 Å². The summed E-state index contributed by atoms with van der Waals surface area (Å²) in [6.45, 7) is 7.62. The molecule has 5 amide bonds. The molecule has 0 fully saturated rings. The Hall–Kier alpha value is -6.33. The number of aryl methyl sites for hydroxylation is 1. The number of rotatable bonds is 16. The number of hydrogen-bond acceptors (Lipinski definition) is 11. The number of pyridine rings is 2. The Labute approximate surface area is 353 Å². The number of urea groups is 1. The van der Waals surface area contributed by atoms with Crippen molar-refractivity contribution in [3.63, 3.8) is 0 Å². The van der Waals surface area contributed by atoms with E-state index >= 15 is 0 Å². The van der Waals surface area contributed by atoms with Crippen LogP contribution in [0.15, 0.2) is 53.3 Å². The number of carbonyl (C=O) groups is 5. The number of amides is 5. The summed E-state index contributed by atoms with van der Waals surface area (Å²) in [6, 6.07) is 11.3. The maximum atomic E-state index is 13.8. The number of cyclic esters (lactones) is 1. The summed E-state index contributed by atoms with van der Waals surface area (Å²) in [4.78, 5) is 83.9. The third-order valence-corrected chi connectivity index (χ3v) is 11.4. The quantitative estimate of drug-likeness (QED) is 0.0622. The Bertz CT molecular complexity index is 2430. The lowest BCUT2D eigenvalue weighted by Crippen LogP contribution is -2.51. The molecule has 0 saturated heterocycles. The molecule has 2 aromatic carbocycles. The topological polar surface area (TPSA) is 250 Å². The summed E-state index contributed by atoms with van der Waals surface area (Å²) in [7, 11) is 3.25. The predicted octanol–water partition coefficient (Wildman–Crippen LogP) is 3.10. The van der Waals surface area contributed by atoms with Crippen molar-refractivity contribution in [2.24, 2.45) is 17.4 Å². The Morgan fingerprint density at radius 1 is 1.02 bits per heavy atom. The van der Waals surface area contributed by atoms with E-state index in [0.29, 0.717) is 59.7 Å². The Morgan fingerprint density at radius 3 is 2.38 bits per heavy atom. The number of carbonyl (C=O) groups excluding carboxylic acids is 5. The lowest BCUT2D eigenvalue weighted by molar-refractivity contribution is -0.172. The summed E-state index contributed by atoms with van der Waals surface area (Å²) < 4.78 is 13.3. The number of ether oxygens (including phenoxy) is 2. The van der Waals surface area contributed by atoms with E-state index in [-0.39, 0.29) is 54.5 Å². The highest BCUT2D eigenvalue weighted by atomic mass is 16.6. The zero-order valence-corrected chi connectivity index (χ0v) is 35.3. The van der Waals surface area contributed by atoms with Crippen molar-refractivity contribution >= 4 is 46.3 Å². The molecule has 0 aliphatic carbocycles. The highest BCUT2D eigenvalue weighted by Gasteiger charge is 2.45. The van der Waals surface area contributed by atoms with Crippen LogP contribution >= 0.6 is 0 Å². The SMILES string of the molecule is CCc1c2c(nc3ccc(OC(C(=O)N(C)C)c4ccc(NC(=O)[C@H](CCCCNC(N)=O)NC(=O)[C@@H](N)C(C)C)cc4)cc13)-c1cc3c(c(=O)n1C2)COC(=O)[C@]3(O)CC. The second kappa shape index (κ2) is 18.1. The average Bonchev–Trinajstić information content (AvgIpc) is 3.60. The predicted molar refractivity (Wildman–Crippen MR) is 227 cm³/mol. The van der Waals surface area contributed by atoms with Crippen LogP contribution in [0.4, 0.5) is 10.5 Å². The minimum atomic E-state index is -1.94. The van der Waals surface area contributed by atoms with Gasteiger partial charge in [0, 0.05) is 48.4 Å². The van der Waals surface area contributed by atoms with E-state index in [4.69, 9.17) is 25.9 Å². The molecule has 2 aromatic heterocycles. The second-order valence-electron chi connectivity index (χ2n) is 16.0. The number of esters is 1. The van der Waals surface area contributed by atoms with Crippen molar-refractivity contribution in [3.05, 3.63) is 86.7 Å². The number of nitrogens with one attached hydrogen (secondary N) is 3. The van der Waals surface area contributed by atoms with Gasteiger partial charge in [-0.3, -0.25) is 19.2 Å². The van der Waals surface area contributed by atoms with Gasteiger partial charge in [-0.2, -0.15) is 0 Å². The second-order valence-corrected chi connectivity index (χ2v) is 16.0. The summed E-state index contributed by atoms with van der Waals surface area (Å²) >= 11 is 0. The van der Waals surface area contributed by atoms with Crippen LogP contribution in [0.3, 0.4) is 0 Å². The molecule has 4 heterocycles. The van der Waals surface area contributed by atoms with Gasteiger partial charge < -0.3 is 51.5 Å². The first-order chi connectivity index (χ1) is 29.0. The smallest absolute Gasteiger partial charge is 0.343 e. The molecule has 0 spiro atoms. The minimum absolute atomic E-state index is 0.0394. The number of nitrogens with zero attached hydrogens (tertiary/aromatic N) is 3. The van der Waals surface area contributed by atoms with Crippen molar-refractivity contribution in [2.75, 3.05) is 26.0 Å². The van der Waals surface area contributed by atoms with E-state index in [1.165, 1.54) is 4.90 Å². The van der Waals surface area contributed by atoms with E-state index in [1.807, 2.05) is 26.8 Å². The number of nitrogens with two attached hydrogens (primary N) is 2. The summed E-state index contributed by atoms with van der Waals surface area (Å²) in [5.74, 6) is -1.78. The maximum absolute atomic E-state index is 13.8. The van der Waals surface area contributed by atoms with Crippen molar-refractivity contribution < 1.29 is 38.6 Å². The van der Waals surface area contributed by atoms with Gasteiger partial charge in [-0.25, -0.2) is 14.6 Å². The minimum Gasteiger partial charge on any atom is -0.476 e. The zero-order chi connectivity index (χ0) is 44.3. The number of primary amides is 1. The number of benzene rings is 2. The van der Waals surface area contributed by atoms with Gasteiger partial charge in [-0.05, 0) is 80.0 Å². The van der Waals surface area contributed by atoms with Gasteiger partial charge in [0.15, 0.2) is 5.60 Å². The van der Waals surface area contributed by atoms with Crippen LogP contribution in [-0.4, -0.2) is 82.0 Å². The highest BCUT2D eigenvalue weighted by Crippen LogP contribution is 2.41.